The minimum atomic E-state index is -1.02. The first kappa shape index (κ1) is 15.2. The first-order valence-electron chi connectivity index (χ1n) is 7.50. The third-order valence-electron chi connectivity index (χ3n) is 4.03. The Kier molecular flexibility index (Phi) is 4.06. The Morgan fingerprint density at radius 3 is 2.91 bits per heavy atom. The Balaban J connectivity index is 1.86. The number of halogens is 1. The molecule has 118 valence electrons. The average molecular weight is 322 g/mol. The van der Waals surface area contributed by atoms with Crippen LogP contribution in [0.15, 0.2) is 24.5 Å². The van der Waals surface area contributed by atoms with Crippen molar-refractivity contribution in [3.63, 3.8) is 0 Å². The molecule has 1 aliphatic heterocycles. The predicted molar refractivity (Wildman–Crippen MR) is 85.0 cm³/mol. The van der Waals surface area contributed by atoms with Gasteiger partial charge in [-0.1, -0.05) is 16.8 Å². The Morgan fingerprint density at radius 1 is 1.41 bits per heavy atom. The lowest BCUT2D eigenvalue weighted by Gasteiger charge is -2.38. The SMILES string of the molecule is CC(C)n1cc([C@]2(O)CCCN(c3ncccc3Cl)C2)nn1. The zero-order chi connectivity index (χ0) is 15.7. The first-order valence-corrected chi connectivity index (χ1v) is 7.87. The van der Waals surface area contributed by atoms with E-state index in [4.69, 9.17) is 11.6 Å². The van der Waals surface area contributed by atoms with Gasteiger partial charge in [0, 0.05) is 18.8 Å². The molecular weight excluding hydrogens is 302 g/mol. The van der Waals surface area contributed by atoms with Gasteiger partial charge in [-0.15, -0.1) is 5.10 Å². The van der Waals surface area contributed by atoms with Crippen LogP contribution in [0, 0.1) is 0 Å². The van der Waals surface area contributed by atoms with Gasteiger partial charge in [-0.25, -0.2) is 9.67 Å². The van der Waals surface area contributed by atoms with Gasteiger partial charge in [0.25, 0.3) is 0 Å². The largest absolute Gasteiger partial charge is 0.382 e. The first-order chi connectivity index (χ1) is 10.5. The summed E-state index contributed by atoms with van der Waals surface area (Å²) >= 11 is 6.22. The lowest BCUT2D eigenvalue weighted by Crippen LogP contribution is -2.46. The highest BCUT2D eigenvalue weighted by Crippen LogP contribution is 2.34. The van der Waals surface area contributed by atoms with E-state index in [1.54, 1.807) is 16.9 Å². The van der Waals surface area contributed by atoms with Crippen LogP contribution in [0.1, 0.15) is 38.4 Å². The number of pyridine rings is 1. The van der Waals surface area contributed by atoms with Gasteiger partial charge in [-0.05, 0) is 38.8 Å². The highest BCUT2D eigenvalue weighted by Gasteiger charge is 2.38. The summed E-state index contributed by atoms with van der Waals surface area (Å²) in [5, 5.41) is 19.9. The van der Waals surface area contributed by atoms with E-state index < -0.39 is 5.60 Å². The van der Waals surface area contributed by atoms with Crippen molar-refractivity contribution in [2.45, 2.75) is 38.3 Å². The molecule has 7 heteroatoms. The lowest BCUT2D eigenvalue weighted by molar-refractivity contribution is 0.0174. The summed E-state index contributed by atoms with van der Waals surface area (Å²) in [6, 6.07) is 3.83. The van der Waals surface area contributed by atoms with Crippen LogP contribution >= 0.6 is 11.6 Å². The number of anilines is 1. The van der Waals surface area contributed by atoms with Crippen LogP contribution in [0.5, 0.6) is 0 Å². The molecule has 0 unspecified atom stereocenters. The van der Waals surface area contributed by atoms with Crippen molar-refractivity contribution in [2.24, 2.45) is 0 Å². The van der Waals surface area contributed by atoms with Crippen molar-refractivity contribution in [3.05, 3.63) is 35.2 Å². The summed E-state index contributed by atoms with van der Waals surface area (Å²) < 4.78 is 1.76. The summed E-state index contributed by atoms with van der Waals surface area (Å²) in [6.07, 6.45) is 5.04. The summed E-state index contributed by atoms with van der Waals surface area (Å²) in [6.45, 7) is 5.30. The second kappa shape index (κ2) is 5.85. The van der Waals surface area contributed by atoms with E-state index in [-0.39, 0.29) is 6.04 Å². The number of piperidine rings is 1. The number of hydrogen-bond acceptors (Lipinski definition) is 5. The minimum absolute atomic E-state index is 0.217. The molecule has 1 aliphatic rings. The second-order valence-corrected chi connectivity index (χ2v) is 6.45. The molecule has 0 amide bonds. The predicted octanol–water partition coefficient (Wildman–Crippen LogP) is 2.40. The minimum Gasteiger partial charge on any atom is -0.382 e. The number of β-amino-alcohol motifs (C(OH)–C–C–N with tert-alkyl or cyclic N) is 1. The van der Waals surface area contributed by atoms with Gasteiger partial charge in [0.2, 0.25) is 0 Å². The van der Waals surface area contributed by atoms with Gasteiger partial charge < -0.3 is 10.0 Å². The summed E-state index contributed by atoms with van der Waals surface area (Å²) in [5.41, 5.74) is -0.412. The standard InChI is InChI=1S/C15H20ClN5O/c1-11(2)21-9-13(18-19-21)15(22)6-4-8-20(10-15)14-12(16)5-3-7-17-14/h3,5,7,9,11,22H,4,6,8,10H2,1-2H3/t15-/m0/s1. The smallest absolute Gasteiger partial charge is 0.147 e. The number of aliphatic hydroxyl groups is 1. The van der Waals surface area contributed by atoms with E-state index in [0.717, 1.165) is 13.0 Å². The van der Waals surface area contributed by atoms with E-state index in [2.05, 4.69) is 15.3 Å². The molecule has 0 bridgehead atoms. The van der Waals surface area contributed by atoms with Gasteiger partial charge in [-0.3, -0.25) is 0 Å². The Bertz CT molecular complexity index is 659. The van der Waals surface area contributed by atoms with Crippen molar-refractivity contribution in [1.29, 1.82) is 0 Å². The number of hydrogen-bond donors (Lipinski definition) is 1. The zero-order valence-electron chi connectivity index (χ0n) is 12.8. The third-order valence-corrected chi connectivity index (χ3v) is 4.32. The molecule has 6 nitrogen and oxygen atoms in total. The molecule has 1 N–H and O–H groups in total. The van der Waals surface area contributed by atoms with Crippen molar-refractivity contribution in [1.82, 2.24) is 20.0 Å². The molecule has 0 aliphatic carbocycles. The molecule has 0 aromatic carbocycles. The molecule has 2 aromatic heterocycles. The fourth-order valence-corrected chi connectivity index (χ4v) is 3.02. The molecule has 2 aromatic rings. The summed E-state index contributed by atoms with van der Waals surface area (Å²) in [5.74, 6) is 0.707. The maximum atomic E-state index is 11.0. The van der Waals surface area contributed by atoms with Crippen LogP contribution in [-0.2, 0) is 5.60 Å². The molecule has 1 atom stereocenters. The average Bonchev–Trinajstić information content (AvgIpc) is 2.98. The molecule has 3 heterocycles. The van der Waals surface area contributed by atoms with E-state index >= 15 is 0 Å². The quantitative estimate of drug-likeness (QED) is 0.940. The van der Waals surface area contributed by atoms with E-state index in [0.29, 0.717) is 29.5 Å². The number of rotatable bonds is 3. The van der Waals surface area contributed by atoms with Gasteiger partial charge in [0.05, 0.1) is 17.8 Å². The maximum Gasteiger partial charge on any atom is 0.147 e. The number of aromatic nitrogens is 4. The second-order valence-electron chi connectivity index (χ2n) is 6.04. The molecular formula is C15H20ClN5O. The van der Waals surface area contributed by atoms with E-state index in [9.17, 15) is 5.11 Å². The Morgan fingerprint density at radius 2 is 2.23 bits per heavy atom. The molecule has 1 fully saturated rings. The topological polar surface area (TPSA) is 67.1 Å². The lowest BCUT2D eigenvalue weighted by atomic mass is 9.90. The summed E-state index contributed by atoms with van der Waals surface area (Å²) in [4.78, 5) is 6.35. The molecule has 0 spiro atoms. The van der Waals surface area contributed by atoms with Gasteiger partial charge in [0.1, 0.15) is 17.1 Å². The van der Waals surface area contributed by atoms with Crippen LogP contribution in [-0.4, -0.2) is 38.2 Å². The number of nitrogens with zero attached hydrogens (tertiary/aromatic N) is 5. The molecule has 1 saturated heterocycles. The van der Waals surface area contributed by atoms with Gasteiger partial charge >= 0.3 is 0 Å². The van der Waals surface area contributed by atoms with Crippen molar-refractivity contribution in [2.75, 3.05) is 18.0 Å². The zero-order valence-corrected chi connectivity index (χ0v) is 13.5. The van der Waals surface area contributed by atoms with E-state index in [1.807, 2.05) is 31.0 Å². The normalized spacial score (nSPS) is 22.3. The highest BCUT2D eigenvalue weighted by atomic mass is 35.5. The molecule has 0 saturated carbocycles. The van der Waals surface area contributed by atoms with Gasteiger partial charge in [-0.2, -0.15) is 0 Å². The van der Waals surface area contributed by atoms with Crippen LogP contribution < -0.4 is 4.90 Å². The Hall–Kier alpha value is -1.66. The summed E-state index contributed by atoms with van der Waals surface area (Å²) in [7, 11) is 0. The highest BCUT2D eigenvalue weighted by molar-refractivity contribution is 6.32. The van der Waals surface area contributed by atoms with Crippen molar-refractivity contribution >= 4 is 17.4 Å². The van der Waals surface area contributed by atoms with Crippen molar-refractivity contribution in [3.8, 4) is 0 Å². The molecule has 22 heavy (non-hydrogen) atoms. The fourth-order valence-electron chi connectivity index (χ4n) is 2.78. The van der Waals surface area contributed by atoms with Crippen LogP contribution in [0.2, 0.25) is 5.02 Å². The van der Waals surface area contributed by atoms with E-state index in [1.165, 1.54) is 0 Å². The van der Waals surface area contributed by atoms with Crippen LogP contribution in [0.4, 0.5) is 5.82 Å². The molecule has 3 rings (SSSR count). The van der Waals surface area contributed by atoms with Crippen molar-refractivity contribution < 1.29 is 5.11 Å². The third kappa shape index (κ3) is 2.80. The van der Waals surface area contributed by atoms with Crippen LogP contribution in [0.3, 0.4) is 0 Å². The van der Waals surface area contributed by atoms with Gasteiger partial charge in [0.15, 0.2) is 0 Å². The van der Waals surface area contributed by atoms with Crippen LogP contribution in [0.25, 0.3) is 0 Å². The monoisotopic (exact) mass is 321 g/mol. The molecule has 0 radical (unpaired) electrons. The fraction of sp³-hybridized carbons (Fsp3) is 0.533. The maximum absolute atomic E-state index is 11.0. The Labute approximate surface area is 134 Å².